The van der Waals surface area contributed by atoms with Gasteiger partial charge in [-0.05, 0) is 24.3 Å². The summed E-state index contributed by atoms with van der Waals surface area (Å²) in [5.41, 5.74) is 6.49. The Kier molecular flexibility index (Phi) is 4.45. The fraction of sp³-hybridized carbons (Fsp3) is 0.0714. The lowest BCUT2D eigenvalue weighted by molar-refractivity contribution is 0.0998. The number of carbonyl (C=O) groups excluding carboxylic acids is 1. The molecule has 98 valence electrons. The molecule has 3 nitrogen and oxygen atoms in total. The van der Waals surface area contributed by atoms with Gasteiger partial charge < -0.3 is 10.5 Å². The lowest BCUT2D eigenvalue weighted by Gasteiger charge is -2.10. The van der Waals surface area contributed by atoms with Gasteiger partial charge in [0, 0.05) is 15.6 Å². The van der Waals surface area contributed by atoms with E-state index in [4.69, 9.17) is 22.1 Å². The first-order valence-corrected chi connectivity index (χ1v) is 6.70. The summed E-state index contributed by atoms with van der Waals surface area (Å²) in [6.07, 6.45) is 0. The second kappa shape index (κ2) is 6.08. The van der Waals surface area contributed by atoms with Gasteiger partial charge in [0.25, 0.3) is 0 Å². The first-order chi connectivity index (χ1) is 9.08. The molecule has 0 aliphatic carbocycles. The summed E-state index contributed by atoms with van der Waals surface area (Å²) < 4.78 is 6.50. The van der Waals surface area contributed by atoms with E-state index in [1.54, 1.807) is 30.3 Å². The lowest BCUT2D eigenvalue weighted by atomic mass is 10.1. The first-order valence-electron chi connectivity index (χ1n) is 5.53. The zero-order valence-electron chi connectivity index (χ0n) is 9.90. The maximum Gasteiger partial charge on any atom is 0.249 e. The van der Waals surface area contributed by atoms with Crippen LogP contribution in [0.25, 0.3) is 0 Å². The molecule has 2 aromatic carbocycles. The summed E-state index contributed by atoms with van der Waals surface area (Å²) in [7, 11) is 0. The number of halogens is 2. The predicted octanol–water partition coefficient (Wildman–Crippen LogP) is 3.78. The van der Waals surface area contributed by atoms with Crippen LogP contribution in [-0.2, 0) is 6.61 Å². The first kappa shape index (κ1) is 13.9. The van der Waals surface area contributed by atoms with E-state index in [0.717, 1.165) is 10.0 Å². The molecule has 19 heavy (non-hydrogen) atoms. The Morgan fingerprint density at radius 3 is 2.74 bits per heavy atom. The van der Waals surface area contributed by atoms with Crippen molar-refractivity contribution in [1.82, 2.24) is 0 Å². The van der Waals surface area contributed by atoms with E-state index in [9.17, 15) is 4.79 Å². The molecular formula is C14H11BrClNO2. The van der Waals surface area contributed by atoms with Gasteiger partial charge in [0.2, 0.25) is 5.91 Å². The second-order valence-corrected chi connectivity index (χ2v) is 5.21. The summed E-state index contributed by atoms with van der Waals surface area (Å²) >= 11 is 9.37. The Bertz CT molecular complexity index is 616. The SMILES string of the molecule is NC(=O)c1ccccc1COc1cc(Br)ccc1Cl. The standard InChI is InChI=1S/C14H11BrClNO2/c15-10-5-6-12(16)13(7-10)19-8-9-3-1-2-4-11(9)14(17)18/h1-7H,8H2,(H2,17,18). The van der Waals surface area contributed by atoms with Crippen molar-refractivity contribution in [2.24, 2.45) is 5.73 Å². The van der Waals surface area contributed by atoms with Crippen LogP contribution in [-0.4, -0.2) is 5.91 Å². The normalized spacial score (nSPS) is 10.2. The van der Waals surface area contributed by atoms with Gasteiger partial charge in [-0.25, -0.2) is 0 Å². The minimum atomic E-state index is -0.473. The molecule has 0 saturated heterocycles. The molecule has 0 aliphatic rings. The van der Waals surface area contributed by atoms with Gasteiger partial charge in [-0.3, -0.25) is 4.79 Å². The molecule has 2 rings (SSSR count). The number of ether oxygens (including phenoxy) is 1. The highest BCUT2D eigenvalue weighted by atomic mass is 79.9. The number of hydrogen-bond acceptors (Lipinski definition) is 2. The second-order valence-electron chi connectivity index (χ2n) is 3.88. The van der Waals surface area contributed by atoms with Gasteiger partial charge in [-0.15, -0.1) is 0 Å². The van der Waals surface area contributed by atoms with Crippen molar-refractivity contribution in [3.8, 4) is 5.75 Å². The Balaban J connectivity index is 2.19. The molecule has 0 fully saturated rings. The van der Waals surface area contributed by atoms with Crippen LogP contribution in [0.4, 0.5) is 0 Å². The summed E-state index contributed by atoms with van der Waals surface area (Å²) in [5.74, 6) is 0.0786. The van der Waals surface area contributed by atoms with Crippen LogP contribution >= 0.6 is 27.5 Å². The van der Waals surface area contributed by atoms with Crippen molar-refractivity contribution in [2.75, 3.05) is 0 Å². The fourth-order valence-electron chi connectivity index (χ4n) is 1.63. The van der Waals surface area contributed by atoms with E-state index in [1.807, 2.05) is 12.1 Å². The molecule has 0 aromatic heterocycles. The van der Waals surface area contributed by atoms with Crippen molar-refractivity contribution < 1.29 is 9.53 Å². The van der Waals surface area contributed by atoms with Crippen molar-refractivity contribution in [3.05, 3.63) is 63.1 Å². The van der Waals surface area contributed by atoms with E-state index >= 15 is 0 Å². The molecule has 0 atom stereocenters. The van der Waals surface area contributed by atoms with Crippen molar-refractivity contribution in [2.45, 2.75) is 6.61 Å². The zero-order chi connectivity index (χ0) is 13.8. The summed E-state index contributed by atoms with van der Waals surface area (Å²) in [6, 6.07) is 12.4. The maximum atomic E-state index is 11.3. The highest BCUT2D eigenvalue weighted by Gasteiger charge is 2.09. The average molecular weight is 341 g/mol. The Morgan fingerprint density at radius 1 is 1.26 bits per heavy atom. The van der Waals surface area contributed by atoms with Gasteiger partial charge in [0.15, 0.2) is 0 Å². The van der Waals surface area contributed by atoms with Crippen LogP contribution in [0, 0.1) is 0 Å². The lowest BCUT2D eigenvalue weighted by Crippen LogP contribution is -2.14. The Morgan fingerprint density at radius 2 is 2.00 bits per heavy atom. The van der Waals surface area contributed by atoms with Crippen molar-refractivity contribution in [3.63, 3.8) is 0 Å². The molecule has 2 aromatic rings. The molecule has 0 unspecified atom stereocenters. The van der Waals surface area contributed by atoms with Crippen LogP contribution in [0.1, 0.15) is 15.9 Å². The molecule has 1 amide bonds. The van der Waals surface area contributed by atoms with Crippen molar-refractivity contribution in [1.29, 1.82) is 0 Å². The highest BCUT2D eigenvalue weighted by Crippen LogP contribution is 2.28. The predicted molar refractivity (Wildman–Crippen MR) is 78.4 cm³/mol. The molecule has 0 radical (unpaired) electrons. The molecule has 0 bridgehead atoms. The molecule has 0 saturated carbocycles. The smallest absolute Gasteiger partial charge is 0.249 e. The number of amides is 1. The topological polar surface area (TPSA) is 52.3 Å². The number of carbonyl (C=O) groups is 1. The fourth-order valence-corrected chi connectivity index (χ4v) is 2.14. The summed E-state index contributed by atoms with van der Waals surface area (Å²) in [4.78, 5) is 11.3. The van der Waals surface area contributed by atoms with Gasteiger partial charge in [-0.2, -0.15) is 0 Å². The third-order valence-corrected chi connectivity index (χ3v) is 3.36. The number of benzene rings is 2. The van der Waals surface area contributed by atoms with E-state index in [2.05, 4.69) is 15.9 Å². The van der Waals surface area contributed by atoms with Crippen LogP contribution in [0.2, 0.25) is 5.02 Å². The number of primary amides is 1. The van der Waals surface area contributed by atoms with Crippen LogP contribution in [0.5, 0.6) is 5.75 Å². The maximum absolute atomic E-state index is 11.3. The highest BCUT2D eigenvalue weighted by molar-refractivity contribution is 9.10. The Labute approximate surface area is 124 Å². The molecular weight excluding hydrogens is 330 g/mol. The minimum Gasteiger partial charge on any atom is -0.487 e. The van der Waals surface area contributed by atoms with Gasteiger partial charge in [-0.1, -0.05) is 45.7 Å². The monoisotopic (exact) mass is 339 g/mol. The van der Waals surface area contributed by atoms with Gasteiger partial charge in [0.1, 0.15) is 12.4 Å². The van der Waals surface area contributed by atoms with E-state index < -0.39 is 5.91 Å². The molecule has 2 N–H and O–H groups in total. The third kappa shape index (κ3) is 3.49. The van der Waals surface area contributed by atoms with Crippen LogP contribution < -0.4 is 10.5 Å². The number of rotatable bonds is 4. The molecule has 0 aliphatic heterocycles. The van der Waals surface area contributed by atoms with Gasteiger partial charge >= 0.3 is 0 Å². The Hall–Kier alpha value is -1.52. The van der Waals surface area contributed by atoms with Crippen LogP contribution in [0.15, 0.2) is 46.9 Å². The summed E-state index contributed by atoms with van der Waals surface area (Å²) in [5, 5.41) is 0.514. The zero-order valence-corrected chi connectivity index (χ0v) is 12.2. The molecule has 0 spiro atoms. The molecule has 0 heterocycles. The largest absolute Gasteiger partial charge is 0.487 e. The third-order valence-electron chi connectivity index (χ3n) is 2.56. The molecule has 5 heteroatoms. The van der Waals surface area contributed by atoms with Crippen LogP contribution in [0.3, 0.4) is 0 Å². The van der Waals surface area contributed by atoms with E-state index in [1.165, 1.54) is 0 Å². The van der Waals surface area contributed by atoms with E-state index in [-0.39, 0.29) is 6.61 Å². The minimum absolute atomic E-state index is 0.231. The number of hydrogen-bond donors (Lipinski definition) is 1. The quantitative estimate of drug-likeness (QED) is 0.921. The van der Waals surface area contributed by atoms with Crippen molar-refractivity contribution >= 4 is 33.4 Å². The van der Waals surface area contributed by atoms with E-state index in [0.29, 0.717) is 16.3 Å². The summed E-state index contributed by atoms with van der Waals surface area (Å²) in [6.45, 7) is 0.231. The average Bonchev–Trinajstić information content (AvgIpc) is 2.40. The number of nitrogens with two attached hydrogens (primary N) is 1. The van der Waals surface area contributed by atoms with Gasteiger partial charge in [0.05, 0.1) is 5.02 Å².